The van der Waals surface area contributed by atoms with Crippen molar-refractivity contribution in [3.05, 3.63) is 0 Å². The van der Waals surface area contributed by atoms with Gasteiger partial charge in [-0.2, -0.15) is 11.8 Å². The minimum Gasteiger partial charge on any atom is -0.316 e. The Balaban J connectivity index is 3.62. The van der Waals surface area contributed by atoms with E-state index < -0.39 is 0 Å². The van der Waals surface area contributed by atoms with Crippen LogP contribution in [0.3, 0.4) is 0 Å². The van der Waals surface area contributed by atoms with Gasteiger partial charge in [-0.1, -0.05) is 40.5 Å². The Morgan fingerprint density at radius 3 is 2.14 bits per heavy atom. The molecule has 86 valence electrons. The summed E-state index contributed by atoms with van der Waals surface area (Å²) in [7, 11) is 2.08. The molecule has 0 aliphatic rings. The van der Waals surface area contributed by atoms with Gasteiger partial charge in [0.15, 0.2) is 0 Å². The average molecular weight is 217 g/mol. The van der Waals surface area contributed by atoms with E-state index in [1.165, 1.54) is 24.3 Å². The van der Waals surface area contributed by atoms with Crippen molar-refractivity contribution >= 4 is 11.8 Å². The van der Waals surface area contributed by atoms with E-state index in [0.717, 1.165) is 11.8 Å². The summed E-state index contributed by atoms with van der Waals surface area (Å²) in [6.07, 6.45) is 2.58. The van der Waals surface area contributed by atoms with Gasteiger partial charge in [0, 0.05) is 11.8 Å². The fraction of sp³-hybridized carbons (Fsp3) is 1.00. The second-order valence-electron chi connectivity index (χ2n) is 4.33. The summed E-state index contributed by atoms with van der Waals surface area (Å²) in [5, 5.41) is 3.42. The molecule has 0 aromatic carbocycles. The first-order valence-electron chi connectivity index (χ1n) is 5.90. The number of thioether (sulfide) groups is 1. The van der Waals surface area contributed by atoms with Crippen molar-refractivity contribution in [3.8, 4) is 0 Å². The topological polar surface area (TPSA) is 12.0 Å². The Bertz CT molecular complexity index is 127. The monoisotopic (exact) mass is 217 g/mol. The molecule has 14 heavy (non-hydrogen) atoms. The maximum atomic E-state index is 3.42. The fourth-order valence-electron chi connectivity index (χ4n) is 1.33. The van der Waals surface area contributed by atoms with E-state index in [2.05, 4.69) is 51.8 Å². The Hall–Kier alpha value is 0.310. The molecule has 0 aliphatic heterocycles. The molecule has 0 fully saturated rings. The maximum Gasteiger partial charge on any atom is 0.0180 e. The van der Waals surface area contributed by atoms with Gasteiger partial charge in [-0.25, -0.2) is 0 Å². The number of rotatable bonds is 8. The van der Waals surface area contributed by atoms with Crippen molar-refractivity contribution in [2.24, 2.45) is 11.8 Å². The largest absolute Gasteiger partial charge is 0.316 e. The van der Waals surface area contributed by atoms with E-state index in [4.69, 9.17) is 0 Å². The molecule has 0 rings (SSSR count). The molecule has 1 nitrogen and oxygen atoms in total. The van der Waals surface area contributed by atoms with Crippen LogP contribution < -0.4 is 5.32 Å². The molecule has 2 heteroatoms. The van der Waals surface area contributed by atoms with Crippen LogP contribution in [-0.4, -0.2) is 24.6 Å². The van der Waals surface area contributed by atoms with Gasteiger partial charge in [0.25, 0.3) is 0 Å². The number of hydrogen-bond acceptors (Lipinski definition) is 2. The highest BCUT2D eigenvalue weighted by atomic mass is 32.2. The normalized spacial score (nSPS) is 17.8. The molecule has 0 saturated heterocycles. The van der Waals surface area contributed by atoms with Gasteiger partial charge >= 0.3 is 0 Å². The Labute approximate surface area is 94.4 Å². The van der Waals surface area contributed by atoms with Crippen molar-refractivity contribution in [2.75, 3.05) is 18.6 Å². The first-order valence-corrected chi connectivity index (χ1v) is 7.06. The zero-order valence-electron chi connectivity index (χ0n) is 10.5. The molecular weight excluding hydrogens is 190 g/mol. The second kappa shape index (κ2) is 8.60. The minimum absolute atomic E-state index is 0.689. The molecule has 0 amide bonds. The quantitative estimate of drug-likeness (QED) is 0.669. The Morgan fingerprint density at radius 2 is 1.71 bits per heavy atom. The van der Waals surface area contributed by atoms with Crippen LogP contribution in [0.4, 0.5) is 0 Å². The third-order valence-electron chi connectivity index (χ3n) is 3.10. The summed E-state index contributed by atoms with van der Waals surface area (Å²) < 4.78 is 0. The SMILES string of the molecule is CCC(C)CSCC(NC)C(C)CC. The molecule has 3 unspecified atom stereocenters. The van der Waals surface area contributed by atoms with Crippen LogP contribution in [0.15, 0.2) is 0 Å². The molecule has 0 heterocycles. The van der Waals surface area contributed by atoms with Gasteiger partial charge in [0.2, 0.25) is 0 Å². The van der Waals surface area contributed by atoms with Crippen LogP contribution in [0.1, 0.15) is 40.5 Å². The summed E-state index contributed by atoms with van der Waals surface area (Å²) in [4.78, 5) is 0. The van der Waals surface area contributed by atoms with Crippen LogP contribution in [0.2, 0.25) is 0 Å². The standard InChI is InChI=1S/C12H27NS/c1-6-10(3)8-14-9-12(13-5)11(4)7-2/h10-13H,6-9H2,1-5H3. The van der Waals surface area contributed by atoms with E-state index in [-0.39, 0.29) is 0 Å². The third kappa shape index (κ3) is 5.92. The molecule has 0 radical (unpaired) electrons. The zero-order chi connectivity index (χ0) is 11.0. The van der Waals surface area contributed by atoms with Gasteiger partial charge < -0.3 is 5.32 Å². The van der Waals surface area contributed by atoms with Gasteiger partial charge in [-0.05, 0) is 24.6 Å². The first kappa shape index (κ1) is 14.3. The molecular formula is C12H27NS. The van der Waals surface area contributed by atoms with Crippen LogP contribution >= 0.6 is 11.8 Å². The van der Waals surface area contributed by atoms with Gasteiger partial charge in [0.1, 0.15) is 0 Å². The van der Waals surface area contributed by atoms with E-state index in [1.807, 2.05) is 0 Å². The lowest BCUT2D eigenvalue weighted by atomic mass is 10.0. The van der Waals surface area contributed by atoms with Crippen molar-refractivity contribution in [1.82, 2.24) is 5.32 Å². The number of hydrogen-bond donors (Lipinski definition) is 1. The summed E-state index contributed by atoms with van der Waals surface area (Å²) in [6.45, 7) is 9.22. The van der Waals surface area contributed by atoms with Crippen molar-refractivity contribution in [2.45, 2.75) is 46.6 Å². The predicted molar refractivity (Wildman–Crippen MR) is 69.1 cm³/mol. The highest BCUT2D eigenvalue weighted by Gasteiger charge is 2.13. The van der Waals surface area contributed by atoms with E-state index in [1.54, 1.807) is 0 Å². The Kier molecular flexibility index (Phi) is 8.80. The lowest BCUT2D eigenvalue weighted by Gasteiger charge is -2.22. The maximum absolute atomic E-state index is 3.42. The summed E-state index contributed by atoms with van der Waals surface area (Å²) in [5.41, 5.74) is 0. The van der Waals surface area contributed by atoms with E-state index in [0.29, 0.717) is 6.04 Å². The molecule has 0 aromatic rings. The molecule has 0 saturated carbocycles. The van der Waals surface area contributed by atoms with Crippen LogP contribution in [0.25, 0.3) is 0 Å². The van der Waals surface area contributed by atoms with Crippen LogP contribution in [-0.2, 0) is 0 Å². The van der Waals surface area contributed by atoms with Gasteiger partial charge in [-0.15, -0.1) is 0 Å². The molecule has 0 aromatic heterocycles. The lowest BCUT2D eigenvalue weighted by Crippen LogP contribution is -2.34. The molecule has 0 aliphatic carbocycles. The lowest BCUT2D eigenvalue weighted by molar-refractivity contribution is 0.420. The molecule has 0 bridgehead atoms. The smallest absolute Gasteiger partial charge is 0.0180 e. The molecule has 3 atom stereocenters. The third-order valence-corrected chi connectivity index (χ3v) is 4.50. The second-order valence-corrected chi connectivity index (χ2v) is 5.41. The minimum atomic E-state index is 0.689. The summed E-state index contributed by atoms with van der Waals surface area (Å²) >= 11 is 2.10. The van der Waals surface area contributed by atoms with Crippen LogP contribution in [0.5, 0.6) is 0 Å². The van der Waals surface area contributed by atoms with Crippen molar-refractivity contribution in [1.29, 1.82) is 0 Å². The first-order chi connectivity index (χ1) is 6.65. The molecule has 0 spiro atoms. The van der Waals surface area contributed by atoms with Gasteiger partial charge in [-0.3, -0.25) is 0 Å². The summed E-state index contributed by atoms with van der Waals surface area (Å²) in [6, 6.07) is 0.689. The van der Waals surface area contributed by atoms with Crippen molar-refractivity contribution in [3.63, 3.8) is 0 Å². The predicted octanol–water partition coefficient (Wildman–Crippen LogP) is 3.40. The Morgan fingerprint density at radius 1 is 1.07 bits per heavy atom. The highest BCUT2D eigenvalue weighted by Crippen LogP contribution is 2.16. The van der Waals surface area contributed by atoms with E-state index in [9.17, 15) is 0 Å². The van der Waals surface area contributed by atoms with Crippen molar-refractivity contribution < 1.29 is 0 Å². The fourth-order valence-corrected chi connectivity index (χ4v) is 2.85. The molecule has 1 N–H and O–H groups in total. The van der Waals surface area contributed by atoms with Gasteiger partial charge in [0.05, 0.1) is 0 Å². The summed E-state index contributed by atoms with van der Waals surface area (Å²) in [5.74, 6) is 4.24. The number of nitrogens with one attached hydrogen (secondary N) is 1. The average Bonchev–Trinajstić information content (AvgIpc) is 2.22. The van der Waals surface area contributed by atoms with Crippen LogP contribution in [0, 0.1) is 11.8 Å². The zero-order valence-corrected chi connectivity index (χ0v) is 11.3. The van der Waals surface area contributed by atoms with E-state index >= 15 is 0 Å². The highest BCUT2D eigenvalue weighted by molar-refractivity contribution is 7.99.